The minimum Gasteiger partial charge on any atom is -0.396 e. The lowest BCUT2D eigenvalue weighted by atomic mass is 9.94. The summed E-state index contributed by atoms with van der Waals surface area (Å²) in [5.74, 6) is 0.147. The molecule has 4 unspecified atom stereocenters. The smallest absolute Gasteiger partial charge is 0.106 e. The first kappa shape index (κ1) is 14.8. The van der Waals surface area contributed by atoms with Gasteiger partial charge < -0.3 is 20.4 Å². The molecule has 4 N–H and O–H groups in total. The van der Waals surface area contributed by atoms with Crippen LogP contribution in [-0.4, -0.2) is 45.3 Å². The zero-order valence-electron chi connectivity index (χ0n) is 9.63. The van der Waals surface area contributed by atoms with Gasteiger partial charge in [-0.05, 0) is 25.2 Å². The van der Waals surface area contributed by atoms with Crippen molar-refractivity contribution in [2.24, 2.45) is 5.92 Å². The Balaban J connectivity index is 3.91. The highest BCUT2D eigenvalue weighted by Gasteiger charge is 2.25. The molecular formula is C11H24O4. The van der Waals surface area contributed by atoms with E-state index in [2.05, 4.69) is 0 Å². The highest BCUT2D eigenvalue weighted by molar-refractivity contribution is 4.76. The Morgan fingerprint density at radius 1 is 1.00 bits per heavy atom. The van der Waals surface area contributed by atoms with Crippen molar-refractivity contribution in [2.45, 2.75) is 57.8 Å². The van der Waals surface area contributed by atoms with Gasteiger partial charge in [-0.15, -0.1) is 0 Å². The third-order valence-electron chi connectivity index (χ3n) is 2.64. The molecule has 0 rings (SSSR count). The predicted molar refractivity (Wildman–Crippen MR) is 58.4 cm³/mol. The number of hydrogen-bond acceptors (Lipinski definition) is 4. The number of aliphatic hydroxyl groups is 4. The molecular weight excluding hydrogens is 196 g/mol. The molecule has 0 bridgehead atoms. The average Bonchev–Trinajstić information content (AvgIpc) is 2.17. The Morgan fingerprint density at radius 3 is 2.07 bits per heavy atom. The number of hydrogen-bond donors (Lipinski definition) is 4. The van der Waals surface area contributed by atoms with Gasteiger partial charge in [-0.25, -0.2) is 0 Å². The van der Waals surface area contributed by atoms with Crippen LogP contribution in [-0.2, 0) is 0 Å². The van der Waals surface area contributed by atoms with Gasteiger partial charge in [0.05, 0.1) is 12.2 Å². The zero-order chi connectivity index (χ0) is 11.8. The average molecular weight is 220 g/mol. The van der Waals surface area contributed by atoms with Crippen molar-refractivity contribution in [1.29, 1.82) is 0 Å². The summed E-state index contributed by atoms with van der Waals surface area (Å²) in [7, 11) is 0. The SMILES string of the molecule is CCCC(O)C(O)C(O)CC(C)CCO. The van der Waals surface area contributed by atoms with Crippen LogP contribution in [0.15, 0.2) is 0 Å². The normalized spacial score (nSPS) is 19.6. The van der Waals surface area contributed by atoms with Crippen LogP contribution in [0.5, 0.6) is 0 Å². The van der Waals surface area contributed by atoms with Gasteiger partial charge in [0.15, 0.2) is 0 Å². The van der Waals surface area contributed by atoms with Crippen molar-refractivity contribution in [2.75, 3.05) is 6.61 Å². The van der Waals surface area contributed by atoms with Crippen molar-refractivity contribution in [3.8, 4) is 0 Å². The Hall–Kier alpha value is -0.160. The Labute approximate surface area is 91.6 Å². The molecule has 0 saturated heterocycles. The maximum Gasteiger partial charge on any atom is 0.106 e. The van der Waals surface area contributed by atoms with Crippen LogP contribution in [0.25, 0.3) is 0 Å². The van der Waals surface area contributed by atoms with Crippen LogP contribution in [0.3, 0.4) is 0 Å². The number of aliphatic hydroxyl groups excluding tert-OH is 4. The van der Waals surface area contributed by atoms with Crippen LogP contribution in [0.4, 0.5) is 0 Å². The molecule has 0 aromatic heterocycles. The van der Waals surface area contributed by atoms with E-state index >= 15 is 0 Å². The Bertz CT molecular complexity index is 152. The summed E-state index contributed by atoms with van der Waals surface area (Å²) in [5.41, 5.74) is 0. The fourth-order valence-electron chi connectivity index (χ4n) is 1.61. The third kappa shape index (κ3) is 6.10. The molecule has 0 heterocycles. The van der Waals surface area contributed by atoms with E-state index in [9.17, 15) is 15.3 Å². The summed E-state index contributed by atoms with van der Waals surface area (Å²) in [4.78, 5) is 0. The highest BCUT2D eigenvalue weighted by atomic mass is 16.4. The fraction of sp³-hybridized carbons (Fsp3) is 1.00. The Morgan fingerprint density at radius 2 is 1.60 bits per heavy atom. The van der Waals surface area contributed by atoms with Crippen LogP contribution in [0.2, 0.25) is 0 Å². The van der Waals surface area contributed by atoms with Crippen LogP contribution in [0.1, 0.15) is 39.5 Å². The van der Waals surface area contributed by atoms with Gasteiger partial charge in [0, 0.05) is 6.61 Å². The first-order valence-corrected chi connectivity index (χ1v) is 5.67. The molecule has 0 aliphatic heterocycles. The lowest BCUT2D eigenvalue weighted by Gasteiger charge is -2.24. The molecule has 0 aromatic carbocycles. The molecule has 15 heavy (non-hydrogen) atoms. The van der Waals surface area contributed by atoms with E-state index in [0.29, 0.717) is 19.3 Å². The van der Waals surface area contributed by atoms with Crippen LogP contribution in [0, 0.1) is 5.92 Å². The van der Waals surface area contributed by atoms with E-state index in [4.69, 9.17) is 5.11 Å². The molecule has 0 aliphatic rings. The molecule has 4 atom stereocenters. The molecule has 0 saturated carbocycles. The fourth-order valence-corrected chi connectivity index (χ4v) is 1.61. The minimum absolute atomic E-state index is 0.0848. The van der Waals surface area contributed by atoms with E-state index < -0.39 is 18.3 Å². The van der Waals surface area contributed by atoms with E-state index in [1.54, 1.807) is 0 Å². The quantitative estimate of drug-likeness (QED) is 0.473. The maximum atomic E-state index is 9.62. The lowest BCUT2D eigenvalue weighted by Crippen LogP contribution is -2.38. The van der Waals surface area contributed by atoms with Crippen LogP contribution >= 0.6 is 0 Å². The van der Waals surface area contributed by atoms with E-state index in [0.717, 1.165) is 6.42 Å². The van der Waals surface area contributed by atoms with Gasteiger partial charge in [0.25, 0.3) is 0 Å². The van der Waals surface area contributed by atoms with E-state index in [-0.39, 0.29) is 12.5 Å². The second kappa shape index (κ2) is 8.05. The van der Waals surface area contributed by atoms with Crippen molar-refractivity contribution >= 4 is 0 Å². The van der Waals surface area contributed by atoms with Crippen LogP contribution < -0.4 is 0 Å². The predicted octanol–water partition coefficient (Wildman–Crippen LogP) is 0.278. The zero-order valence-corrected chi connectivity index (χ0v) is 9.63. The first-order valence-electron chi connectivity index (χ1n) is 5.67. The lowest BCUT2D eigenvalue weighted by molar-refractivity contribution is -0.0690. The third-order valence-corrected chi connectivity index (χ3v) is 2.64. The largest absolute Gasteiger partial charge is 0.396 e. The monoisotopic (exact) mass is 220 g/mol. The summed E-state index contributed by atoms with van der Waals surface area (Å²) in [6.07, 6.45) is -0.564. The Kier molecular flexibility index (Phi) is 7.96. The van der Waals surface area contributed by atoms with Gasteiger partial charge in [-0.1, -0.05) is 20.3 Å². The van der Waals surface area contributed by atoms with Crippen molar-refractivity contribution in [1.82, 2.24) is 0 Å². The van der Waals surface area contributed by atoms with Gasteiger partial charge >= 0.3 is 0 Å². The van der Waals surface area contributed by atoms with Gasteiger partial charge in [-0.3, -0.25) is 0 Å². The van der Waals surface area contributed by atoms with Crippen molar-refractivity contribution in [3.63, 3.8) is 0 Å². The maximum absolute atomic E-state index is 9.62. The molecule has 0 aromatic rings. The summed E-state index contributed by atoms with van der Waals surface area (Å²) in [6.45, 7) is 3.90. The summed E-state index contributed by atoms with van der Waals surface area (Å²) >= 11 is 0. The number of rotatable bonds is 8. The topological polar surface area (TPSA) is 80.9 Å². The van der Waals surface area contributed by atoms with Gasteiger partial charge in [-0.2, -0.15) is 0 Å². The minimum atomic E-state index is -1.08. The second-order valence-corrected chi connectivity index (χ2v) is 4.27. The standard InChI is InChI=1S/C11H24O4/c1-3-4-9(13)11(15)10(14)7-8(2)5-6-12/h8-15H,3-7H2,1-2H3. The molecule has 0 spiro atoms. The summed E-state index contributed by atoms with van der Waals surface area (Å²) in [5, 5.41) is 37.4. The van der Waals surface area contributed by atoms with Gasteiger partial charge in [0.2, 0.25) is 0 Å². The van der Waals surface area contributed by atoms with Crippen molar-refractivity contribution < 1.29 is 20.4 Å². The molecule has 0 fully saturated rings. The molecule has 0 radical (unpaired) electrons. The molecule has 0 aliphatic carbocycles. The van der Waals surface area contributed by atoms with E-state index in [1.807, 2.05) is 13.8 Å². The second-order valence-electron chi connectivity index (χ2n) is 4.27. The molecule has 92 valence electrons. The molecule has 4 heteroatoms. The molecule has 0 amide bonds. The molecule has 4 nitrogen and oxygen atoms in total. The van der Waals surface area contributed by atoms with Crippen molar-refractivity contribution in [3.05, 3.63) is 0 Å². The highest BCUT2D eigenvalue weighted by Crippen LogP contribution is 2.15. The summed E-state index contributed by atoms with van der Waals surface area (Å²) < 4.78 is 0. The van der Waals surface area contributed by atoms with Gasteiger partial charge in [0.1, 0.15) is 6.10 Å². The summed E-state index contributed by atoms with van der Waals surface area (Å²) in [6, 6.07) is 0. The first-order chi connectivity index (χ1) is 7.02. The van der Waals surface area contributed by atoms with E-state index in [1.165, 1.54) is 0 Å².